The van der Waals surface area contributed by atoms with Gasteiger partial charge in [0.15, 0.2) is 17.3 Å². The van der Waals surface area contributed by atoms with E-state index in [0.29, 0.717) is 167 Å². The van der Waals surface area contributed by atoms with Crippen molar-refractivity contribution in [3.8, 4) is 17.2 Å². The van der Waals surface area contributed by atoms with Gasteiger partial charge in [-0.25, -0.2) is 50.5 Å². The second-order valence-corrected chi connectivity index (χ2v) is 51.8. The second-order valence-electron chi connectivity index (χ2n) is 40.7. The third-order valence-electron chi connectivity index (χ3n) is 30.3. The molecule has 0 bridgehead atoms. The molecule has 6 aromatic rings. The molecular weight excluding hydrogens is 2020 g/mol. The molecule has 0 aromatic heterocycles. The predicted octanol–water partition coefficient (Wildman–Crippen LogP) is 7.68. The molecule has 1 saturated carbocycles. The van der Waals surface area contributed by atoms with Crippen LogP contribution in [-0.2, 0) is 88.6 Å². The van der Waals surface area contributed by atoms with Crippen LogP contribution in [0.15, 0.2) is 175 Å². The minimum atomic E-state index is -3.81. The normalized spacial score (nSPS) is 22.9. The van der Waals surface area contributed by atoms with E-state index in [2.05, 4.69) is 47.8 Å². The number of hydrogen-bond donors (Lipinski definition) is 4. The second kappa shape index (κ2) is 49.3. The molecule has 6 spiro atoms. The molecule has 12 saturated heterocycles. The van der Waals surface area contributed by atoms with E-state index in [9.17, 15) is 69.7 Å². The van der Waals surface area contributed by atoms with Gasteiger partial charge in [-0.15, -0.1) is 0 Å². The Morgan fingerprint density at radius 2 is 0.696 bits per heavy atom. The van der Waals surface area contributed by atoms with Crippen molar-refractivity contribution in [3.05, 3.63) is 162 Å². The van der Waals surface area contributed by atoms with Crippen LogP contribution in [0.4, 0.5) is 0 Å². The number of Topliss-reactive ketones (excluding diaryl/α,β-unsaturated/α-hetero) is 3. The molecule has 39 nitrogen and oxygen atoms in total. The fourth-order valence-electron chi connectivity index (χ4n) is 21.8. The Kier molecular flexibility index (Phi) is 38.5. The number of rotatable bonds is 28. The summed E-state index contributed by atoms with van der Waals surface area (Å²) in [6, 6.07) is 37.6. The van der Waals surface area contributed by atoms with Crippen molar-refractivity contribution in [3.63, 3.8) is 0 Å². The summed E-state index contributed by atoms with van der Waals surface area (Å²) in [7, 11) is -7.27. The Morgan fingerprint density at radius 3 is 1.03 bits per heavy atom. The summed E-state index contributed by atoms with van der Waals surface area (Å²) in [5.41, 5.74) is -2.95. The predicted molar refractivity (Wildman–Crippen MR) is 558 cm³/mol. The molecule has 0 radical (unpaired) electrons. The summed E-state index contributed by atoms with van der Waals surface area (Å²) < 4.78 is 213. The molecule has 4 N–H and O–H groups in total. The van der Waals surface area contributed by atoms with Gasteiger partial charge in [-0.2, -0.15) is 25.8 Å². The molecule has 45 heteroatoms. The van der Waals surface area contributed by atoms with Gasteiger partial charge in [0, 0.05) is 153 Å². The highest BCUT2D eigenvalue weighted by Gasteiger charge is 2.59. The van der Waals surface area contributed by atoms with Crippen molar-refractivity contribution in [1.29, 1.82) is 0 Å². The maximum absolute atomic E-state index is 13.7. The van der Waals surface area contributed by atoms with Crippen LogP contribution in [0.3, 0.4) is 0 Å². The summed E-state index contributed by atoms with van der Waals surface area (Å²) in [6.45, 7) is 23.0. The first-order chi connectivity index (χ1) is 70.4. The van der Waals surface area contributed by atoms with Crippen LogP contribution in [0, 0.1) is 5.92 Å². The van der Waals surface area contributed by atoms with Crippen LogP contribution < -0.4 is 35.5 Å². The number of ether oxygens (including phenoxy) is 8. The maximum atomic E-state index is 13.7. The number of benzene rings is 6. The van der Waals surface area contributed by atoms with E-state index in [1.807, 2.05) is 40.1 Å². The third-order valence-corrected chi connectivity index (χ3v) is 42.2. The first-order valence-corrected chi connectivity index (χ1v) is 60.1. The van der Waals surface area contributed by atoms with Gasteiger partial charge >= 0.3 is 0 Å². The summed E-state index contributed by atoms with van der Waals surface area (Å²) in [4.78, 5) is 58.8. The van der Waals surface area contributed by atoms with Gasteiger partial charge in [0.25, 0.3) is 0 Å². The number of nitrogens with one attached hydrogen (secondary N) is 4. The molecule has 2 atom stereocenters. The highest BCUT2D eigenvalue weighted by molar-refractivity contribution is 7.90. The number of likely N-dealkylation sites (tertiary alicyclic amines) is 3. The van der Waals surface area contributed by atoms with Crippen LogP contribution in [0.2, 0.25) is 0 Å². The molecule has 1 aliphatic carbocycles. The highest BCUT2D eigenvalue weighted by Crippen LogP contribution is 2.47. The van der Waals surface area contributed by atoms with Gasteiger partial charge in [0.2, 0.25) is 66.0 Å². The van der Waals surface area contributed by atoms with Crippen LogP contribution in [0.1, 0.15) is 168 Å². The van der Waals surface area contributed by atoms with E-state index in [1.54, 1.807) is 152 Å². The molecule has 12 aliphatic heterocycles. The minimum Gasteiger partial charge on any atom is -0.497 e. The van der Waals surface area contributed by atoms with E-state index in [-0.39, 0.29) is 61.5 Å². The first-order valence-electron chi connectivity index (χ1n) is 51.4. The zero-order valence-electron chi connectivity index (χ0n) is 87.5. The summed E-state index contributed by atoms with van der Waals surface area (Å²) in [5, 5.41) is 12.6. The molecule has 1 amide bonds. The number of unbranched alkanes of at least 4 members (excludes halogenated alkanes) is 1. The summed E-state index contributed by atoms with van der Waals surface area (Å²) in [5.74, 6) is 2.24. The number of carbonyl (C=O) groups is 4. The number of ketones is 3. The molecule has 2 unspecified atom stereocenters. The Balaban J connectivity index is 0.000000140. The Hall–Kier alpha value is -7.86. The van der Waals surface area contributed by atoms with Crippen molar-refractivity contribution in [2.24, 2.45) is 5.92 Å². The topological polar surface area (TPSA) is 431 Å². The lowest BCUT2D eigenvalue weighted by molar-refractivity contribution is -0.119. The molecule has 148 heavy (non-hydrogen) atoms. The Morgan fingerprint density at radius 1 is 0.378 bits per heavy atom. The lowest BCUT2D eigenvalue weighted by Crippen LogP contribution is -2.59. The molecule has 6 aromatic carbocycles. The van der Waals surface area contributed by atoms with Gasteiger partial charge in [0.05, 0.1) is 102 Å². The van der Waals surface area contributed by atoms with Crippen molar-refractivity contribution >= 4 is 83.4 Å². The van der Waals surface area contributed by atoms with Crippen LogP contribution in [0.25, 0.3) is 0 Å². The largest absolute Gasteiger partial charge is 0.497 e. The quantitative estimate of drug-likeness (QED) is 0.0270. The van der Waals surface area contributed by atoms with E-state index in [1.165, 1.54) is 74.3 Å². The lowest BCUT2D eigenvalue weighted by atomic mass is 9.99. The lowest BCUT2D eigenvalue weighted by Gasteiger charge is -2.43. The fraction of sp³-hybridized carbons (Fsp3) is 0.612. The number of hydrogen-bond acceptors (Lipinski definition) is 32. The molecule has 13 fully saturated rings. The monoisotopic (exact) mass is 2170 g/mol. The van der Waals surface area contributed by atoms with E-state index in [4.69, 9.17) is 37.9 Å². The van der Waals surface area contributed by atoms with Crippen molar-refractivity contribution < 1.29 is 108 Å². The van der Waals surface area contributed by atoms with Gasteiger partial charge in [-0.3, -0.25) is 19.2 Å². The van der Waals surface area contributed by atoms with Crippen LogP contribution >= 0.6 is 0 Å². The van der Waals surface area contributed by atoms with Crippen LogP contribution in [-0.4, -0.2) is 391 Å². The minimum absolute atomic E-state index is 0.0768. The molecular formula is C103H151N15O24S6. The number of piperidine rings is 6. The first kappa shape index (κ1) is 116. The van der Waals surface area contributed by atoms with Gasteiger partial charge in [-0.05, 0) is 262 Å². The Bertz CT molecular complexity index is 6200. The van der Waals surface area contributed by atoms with Crippen LogP contribution in [0.5, 0.6) is 17.2 Å². The number of sulfonamides is 6. The average Bonchev–Trinajstić information content (AvgIpc) is 1.57. The molecule has 13 aliphatic rings. The third kappa shape index (κ3) is 26.3. The SMILES string of the molecule is CC(=O)c1ccc(S(=O)(=O)N2C(CCCCN(C)C)COC23CCNCC3)cc1.CC(=O)c1ccc(S(=O)(=O)N2C(CN(C)C)COC23CCNCC3)cc1.CC(=O)c1ccc(S(=O)(=O)N2CC(=O)NC23CCNCC3)cc1.CCN1CCC2(CC1)OCCN2S(=O)(=O)c1ccc(OC)cc1.COc1ccc(S(=O)(=O)N2CCOC23CCN(C)CC3)cc1.COc1ccc(S(=O)(=O)N2CCOC23CCN(CC2CC2)CC3)cc1. The van der Waals surface area contributed by atoms with Gasteiger partial charge in [0.1, 0.15) is 51.5 Å². The molecule has 12 heterocycles. The standard InChI is InChI=1S/C21H33N3O4S.C18H27N3O4S.C18H26N2O4S.C16H24N2O4S.C15H19N3O4S.C15H22N2O4S/c1-17(25)18-7-9-20(10-8-18)29(26,27)24-19(6-4-5-15-23(2)3)16-28-21(24)11-13-22-14-12-21;1-14(22)15-4-6-17(7-5-15)26(23,24)21-16(12-20(2)3)13-25-18(21)8-10-19-11-9-18;1-23-16-4-6-17(7-5-16)25(21,22)20-12-13-24-18(20)8-10-19(11-9-18)14-15-2-3-15;1-3-17-10-8-16(9-11-17)18(12-13-22-16)23(19,20)15-6-4-14(21-2)5-7-15;1-11(19)12-2-4-13(5-3-12)23(21,22)18-10-14(20)17-15(18)6-8-16-9-7-15;1-16-9-7-15(8-10-16)17(11-12-21-15)22(18,19)14-5-3-13(20-2)4-6-14/h7-10,19,22H,4-6,11-16H2,1-3H3;4-7,16,19H,8-13H2,1-3H3;4-7,15H,2-3,8-14H2,1H3;4-7H,3,8-13H2,1-2H3;2-5,16H,6-10H2,1H3,(H,17,20);3-6H,7-12H2,1-2H3. The smallest absolute Gasteiger partial charge is 0.245 e. The number of amides is 1. The van der Waals surface area contributed by atoms with Gasteiger partial charge in [-0.1, -0.05) is 49.7 Å². The van der Waals surface area contributed by atoms with E-state index in [0.717, 1.165) is 136 Å². The number of carbonyl (C=O) groups excluding carboxylic acids is 4. The van der Waals surface area contributed by atoms with Crippen molar-refractivity contribution in [2.45, 2.75) is 213 Å². The number of nitrogens with zero attached hydrogens (tertiary/aromatic N) is 11. The summed E-state index contributed by atoms with van der Waals surface area (Å²) in [6.07, 6.45) is 13.4. The Labute approximate surface area is 875 Å². The maximum Gasteiger partial charge on any atom is 0.245 e. The van der Waals surface area contributed by atoms with Crippen molar-refractivity contribution in [1.82, 2.24) is 71.6 Å². The van der Waals surface area contributed by atoms with Crippen molar-refractivity contribution in [2.75, 3.05) is 220 Å². The average molecular weight is 2180 g/mol. The van der Waals surface area contributed by atoms with E-state index >= 15 is 0 Å². The number of methoxy groups -OCH3 is 3. The zero-order chi connectivity index (χ0) is 106. The van der Waals surface area contributed by atoms with Gasteiger partial charge < -0.3 is 83.7 Å². The highest BCUT2D eigenvalue weighted by atomic mass is 32.2. The number of likely N-dealkylation sites (N-methyl/N-ethyl adjacent to an activating group) is 1. The molecule has 818 valence electrons. The molecule has 19 rings (SSSR count). The van der Waals surface area contributed by atoms with E-state index < -0.39 is 94.4 Å². The summed E-state index contributed by atoms with van der Waals surface area (Å²) >= 11 is 0. The zero-order valence-corrected chi connectivity index (χ0v) is 92.4. The fourth-order valence-corrected chi connectivity index (χ4v) is 32.6.